The van der Waals surface area contributed by atoms with Crippen molar-refractivity contribution < 1.29 is 22.0 Å². The van der Waals surface area contributed by atoms with Crippen molar-refractivity contribution in [1.82, 2.24) is 4.90 Å². The summed E-state index contributed by atoms with van der Waals surface area (Å²) in [6.07, 6.45) is 1.96. The second-order valence-electron chi connectivity index (χ2n) is 5.79. The second-order valence-corrected chi connectivity index (χ2v) is 7.47. The monoisotopic (exact) mass is 366 g/mol. The average molecular weight is 366 g/mol. The van der Waals surface area contributed by atoms with Crippen LogP contribution in [0.2, 0.25) is 0 Å². The van der Waals surface area contributed by atoms with Crippen LogP contribution in [0, 0.1) is 11.6 Å². The standard InChI is InChI=1S/C17H16F2N2O3S/c18-13-9-14(19)11-16(10-13)25(23,24)20-15-5-3-12(4-6-15)17(22)21-7-1-2-8-21/h3-6,9-11,20H,1-2,7-8H2. The van der Waals surface area contributed by atoms with E-state index in [4.69, 9.17) is 0 Å². The van der Waals surface area contributed by atoms with Gasteiger partial charge >= 0.3 is 0 Å². The van der Waals surface area contributed by atoms with Crippen molar-refractivity contribution >= 4 is 21.6 Å². The van der Waals surface area contributed by atoms with E-state index in [0.29, 0.717) is 11.6 Å². The fourth-order valence-corrected chi connectivity index (χ4v) is 3.78. The third kappa shape index (κ3) is 3.96. The van der Waals surface area contributed by atoms with Crippen LogP contribution >= 0.6 is 0 Å². The van der Waals surface area contributed by atoms with Crippen molar-refractivity contribution in [3.63, 3.8) is 0 Å². The van der Waals surface area contributed by atoms with Crippen molar-refractivity contribution in [3.8, 4) is 0 Å². The number of amides is 1. The van der Waals surface area contributed by atoms with Gasteiger partial charge in [-0.1, -0.05) is 0 Å². The van der Waals surface area contributed by atoms with Crippen LogP contribution in [0.1, 0.15) is 23.2 Å². The lowest BCUT2D eigenvalue weighted by molar-refractivity contribution is 0.0793. The van der Waals surface area contributed by atoms with Crippen molar-refractivity contribution in [1.29, 1.82) is 0 Å². The first-order chi connectivity index (χ1) is 11.8. The number of carbonyl (C=O) groups is 1. The molecule has 0 spiro atoms. The molecule has 0 aromatic heterocycles. The number of halogens is 2. The minimum Gasteiger partial charge on any atom is -0.339 e. The molecule has 0 bridgehead atoms. The van der Waals surface area contributed by atoms with E-state index < -0.39 is 26.6 Å². The summed E-state index contributed by atoms with van der Waals surface area (Å²) in [5, 5.41) is 0. The number of sulfonamides is 1. The first-order valence-corrected chi connectivity index (χ1v) is 9.22. The van der Waals surface area contributed by atoms with E-state index >= 15 is 0 Å². The number of hydrogen-bond donors (Lipinski definition) is 1. The Morgan fingerprint density at radius 3 is 2.08 bits per heavy atom. The molecule has 0 atom stereocenters. The van der Waals surface area contributed by atoms with Gasteiger partial charge in [-0.2, -0.15) is 0 Å². The van der Waals surface area contributed by atoms with Crippen LogP contribution in [-0.2, 0) is 10.0 Å². The second kappa shape index (κ2) is 6.79. The van der Waals surface area contributed by atoms with E-state index in [-0.39, 0.29) is 11.6 Å². The first kappa shape index (κ1) is 17.3. The molecule has 5 nitrogen and oxygen atoms in total. The third-order valence-corrected chi connectivity index (χ3v) is 5.28. The number of anilines is 1. The Morgan fingerprint density at radius 1 is 0.960 bits per heavy atom. The fraction of sp³-hybridized carbons (Fsp3) is 0.235. The van der Waals surface area contributed by atoms with Crippen LogP contribution in [0.3, 0.4) is 0 Å². The molecule has 1 aliphatic heterocycles. The summed E-state index contributed by atoms with van der Waals surface area (Å²) in [5.41, 5.74) is 0.657. The molecule has 25 heavy (non-hydrogen) atoms. The topological polar surface area (TPSA) is 66.5 Å². The van der Waals surface area contributed by atoms with E-state index in [2.05, 4.69) is 4.72 Å². The van der Waals surface area contributed by atoms with Gasteiger partial charge < -0.3 is 4.90 Å². The van der Waals surface area contributed by atoms with Crippen LogP contribution in [0.15, 0.2) is 47.4 Å². The minimum atomic E-state index is -4.13. The summed E-state index contributed by atoms with van der Waals surface area (Å²) in [6.45, 7) is 1.44. The lowest BCUT2D eigenvalue weighted by atomic mass is 10.2. The molecule has 0 radical (unpaired) electrons. The molecule has 1 fully saturated rings. The zero-order chi connectivity index (χ0) is 18.0. The Bertz CT molecular complexity index is 872. The summed E-state index contributed by atoms with van der Waals surface area (Å²) >= 11 is 0. The zero-order valence-corrected chi connectivity index (χ0v) is 14.0. The molecule has 0 saturated carbocycles. The predicted molar refractivity (Wildman–Crippen MR) is 88.7 cm³/mol. The average Bonchev–Trinajstić information content (AvgIpc) is 3.08. The van der Waals surface area contributed by atoms with Gasteiger partial charge in [0.2, 0.25) is 0 Å². The largest absolute Gasteiger partial charge is 0.339 e. The minimum absolute atomic E-state index is 0.0980. The van der Waals surface area contributed by atoms with Gasteiger partial charge in [0.1, 0.15) is 11.6 Å². The van der Waals surface area contributed by atoms with E-state index in [1.807, 2.05) is 0 Å². The molecular weight excluding hydrogens is 350 g/mol. The number of likely N-dealkylation sites (tertiary alicyclic amines) is 1. The van der Waals surface area contributed by atoms with Gasteiger partial charge in [-0.25, -0.2) is 17.2 Å². The van der Waals surface area contributed by atoms with Gasteiger partial charge in [0, 0.05) is 30.4 Å². The summed E-state index contributed by atoms with van der Waals surface area (Å²) in [5.74, 6) is -2.06. The van der Waals surface area contributed by atoms with Crippen LogP contribution in [0.4, 0.5) is 14.5 Å². The maximum Gasteiger partial charge on any atom is 0.262 e. The smallest absolute Gasteiger partial charge is 0.262 e. The number of hydrogen-bond acceptors (Lipinski definition) is 3. The third-order valence-electron chi connectivity index (χ3n) is 3.92. The normalized spacial score (nSPS) is 14.6. The molecule has 1 saturated heterocycles. The summed E-state index contributed by atoms with van der Waals surface area (Å²) in [7, 11) is -4.13. The van der Waals surface area contributed by atoms with Crippen LogP contribution in [0.25, 0.3) is 0 Å². The highest BCUT2D eigenvalue weighted by atomic mass is 32.2. The van der Waals surface area contributed by atoms with E-state index in [1.54, 1.807) is 4.90 Å². The molecule has 3 rings (SSSR count). The molecule has 132 valence electrons. The van der Waals surface area contributed by atoms with Gasteiger partial charge in [0.25, 0.3) is 15.9 Å². The SMILES string of the molecule is O=C(c1ccc(NS(=O)(=O)c2cc(F)cc(F)c2)cc1)N1CCCC1. The Kier molecular flexibility index (Phi) is 4.71. The lowest BCUT2D eigenvalue weighted by Crippen LogP contribution is -2.27. The number of rotatable bonds is 4. The summed E-state index contributed by atoms with van der Waals surface area (Å²) in [4.78, 5) is 13.5. The zero-order valence-electron chi connectivity index (χ0n) is 13.2. The summed E-state index contributed by atoms with van der Waals surface area (Å²) in [6, 6.07) is 7.98. The molecule has 1 heterocycles. The van der Waals surface area contributed by atoms with Gasteiger partial charge in [-0.3, -0.25) is 9.52 Å². The van der Waals surface area contributed by atoms with Crippen LogP contribution < -0.4 is 4.72 Å². The van der Waals surface area contributed by atoms with Crippen molar-refractivity contribution in [2.24, 2.45) is 0 Å². The highest BCUT2D eigenvalue weighted by molar-refractivity contribution is 7.92. The molecular formula is C17H16F2N2O3S. The van der Waals surface area contributed by atoms with E-state index in [1.165, 1.54) is 24.3 Å². The predicted octanol–water partition coefficient (Wildman–Crippen LogP) is 3.00. The Balaban J connectivity index is 1.77. The molecule has 8 heteroatoms. The molecule has 0 aliphatic carbocycles. The van der Waals surface area contributed by atoms with Gasteiger partial charge in [-0.15, -0.1) is 0 Å². The van der Waals surface area contributed by atoms with E-state index in [9.17, 15) is 22.0 Å². The molecule has 1 amide bonds. The molecule has 2 aromatic rings. The lowest BCUT2D eigenvalue weighted by Gasteiger charge is -2.15. The molecule has 1 N–H and O–H groups in total. The maximum absolute atomic E-state index is 13.2. The Morgan fingerprint density at radius 2 is 1.52 bits per heavy atom. The Hall–Kier alpha value is -2.48. The molecule has 2 aromatic carbocycles. The van der Waals surface area contributed by atoms with Crippen molar-refractivity contribution in [3.05, 3.63) is 59.7 Å². The first-order valence-electron chi connectivity index (χ1n) is 7.73. The quantitative estimate of drug-likeness (QED) is 0.905. The molecule has 1 aliphatic rings. The van der Waals surface area contributed by atoms with Crippen molar-refractivity contribution in [2.45, 2.75) is 17.7 Å². The van der Waals surface area contributed by atoms with Crippen molar-refractivity contribution in [2.75, 3.05) is 17.8 Å². The number of nitrogens with zero attached hydrogens (tertiary/aromatic N) is 1. The summed E-state index contributed by atoms with van der Waals surface area (Å²) < 4.78 is 53.1. The molecule has 0 unspecified atom stereocenters. The number of carbonyl (C=O) groups excluding carboxylic acids is 1. The van der Waals surface area contributed by atoms with Gasteiger partial charge in [0.15, 0.2) is 0 Å². The van der Waals surface area contributed by atoms with Crippen LogP contribution in [-0.4, -0.2) is 32.3 Å². The highest BCUT2D eigenvalue weighted by Gasteiger charge is 2.20. The highest BCUT2D eigenvalue weighted by Crippen LogP contribution is 2.20. The van der Waals surface area contributed by atoms with Gasteiger partial charge in [0.05, 0.1) is 4.90 Å². The fourth-order valence-electron chi connectivity index (χ4n) is 2.68. The van der Waals surface area contributed by atoms with Crippen LogP contribution in [0.5, 0.6) is 0 Å². The maximum atomic E-state index is 13.2. The Labute approximate surface area is 144 Å². The van der Waals surface area contributed by atoms with Gasteiger partial charge in [-0.05, 0) is 49.2 Å². The number of nitrogens with one attached hydrogen (secondary N) is 1. The number of benzene rings is 2. The van der Waals surface area contributed by atoms with E-state index in [0.717, 1.165) is 38.1 Å².